The van der Waals surface area contributed by atoms with Crippen LogP contribution in [0.4, 0.5) is 0 Å². The Hall–Kier alpha value is -2.54. The van der Waals surface area contributed by atoms with Gasteiger partial charge in [0.2, 0.25) is 0 Å². The topological polar surface area (TPSA) is 20.2 Å². The Morgan fingerprint density at radius 1 is 0.778 bits per heavy atom. The van der Waals surface area contributed by atoms with Gasteiger partial charge < -0.3 is 5.11 Å². The molecule has 0 amide bonds. The molecule has 0 aliphatic heterocycles. The highest BCUT2D eigenvalue weighted by Crippen LogP contribution is 2.45. The first-order valence-electron chi connectivity index (χ1n) is 10.2. The minimum absolute atomic E-state index is 0.347. The molecule has 1 aliphatic rings. The van der Waals surface area contributed by atoms with Crippen LogP contribution in [-0.4, -0.2) is 5.11 Å². The number of rotatable bonds is 4. The predicted molar refractivity (Wildman–Crippen MR) is 116 cm³/mol. The van der Waals surface area contributed by atoms with Crippen LogP contribution in [0.15, 0.2) is 66.7 Å². The standard InChI is InChI=1S/C26H28O/c1-3-26(4-2)17-15-19(16-18-26)20-9-5-6-10-21(20)23-13-14-25(27)24-12-8-7-11-22(23)24/h5-15,27H,3-4,16-18H2,1-2H3. The van der Waals surface area contributed by atoms with Crippen LogP contribution in [0.2, 0.25) is 0 Å². The second-order valence-corrected chi connectivity index (χ2v) is 7.86. The van der Waals surface area contributed by atoms with E-state index in [9.17, 15) is 5.11 Å². The van der Waals surface area contributed by atoms with Gasteiger partial charge in [0.15, 0.2) is 0 Å². The molecule has 0 bridgehead atoms. The van der Waals surface area contributed by atoms with Gasteiger partial charge in [-0.05, 0) is 58.4 Å². The number of hydrogen-bond acceptors (Lipinski definition) is 1. The molecule has 1 heteroatoms. The van der Waals surface area contributed by atoms with Crippen LogP contribution in [-0.2, 0) is 0 Å². The summed E-state index contributed by atoms with van der Waals surface area (Å²) in [6.07, 6.45) is 8.61. The van der Waals surface area contributed by atoms with E-state index >= 15 is 0 Å². The molecule has 138 valence electrons. The average Bonchev–Trinajstić information content (AvgIpc) is 2.74. The van der Waals surface area contributed by atoms with Crippen LogP contribution < -0.4 is 0 Å². The van der Waals surface area contributed by atoms with Gasteiger partial charge in [-0.3, -0.25) is 0 Å². The van der Waals surface area contributed by atoms with Gasteiger partial charge in [-0.15, -0.1) is 0 Å². The van der Waals surface area contributed by atoms with Gasteiger partial charge in [-0.25, -0.2) is 0 Å². The van der Waals surface area contributed by atoms with Gasteiger partial charge in [0, 0.05) is 5.39 Å². The van der Waals surface area contributed by atoms with Crippen LogP contribution in [0.25, 0.3) is 27.5 Å². The van der Waals surface area contributed by atoms with Crippen LogP contribution in [0, 0.1) is 5.41 Å². The van der Waals surface area contributed by atoms with E-state index in [1.165, 1.54) is 47.9 Å². The lowest BCUT2D eigenvalue weighted by Gasteiger charge is -2.35. The highest BCUT2D eigenvalue weighted by atomic mass is 16.3. The SMILES string of the molecule is CCC1(CC)CC=C(c2ccccc2-c2ccc(O)c3ccccc23)CC1. The second kappa shape index (κ2) is 7.23. The van der Waals surface area contributed by atoms with Crippen molar-refractivity contribution in [3.8, 4) is 16.9 Å². The second-order valence-electron chi connectivity index (χ2n) is 7.86. The number of benzene rings is 3. The Balaban J connectivity index is 1.83. The Labute approximate surface area is 162 Å². The Bertz CT molecular complexity index is 992. The molecule has 27 heavy (non-hydrogen) atoms. The van der Waals surface area contributed by atoms with Crippen molar-refractivity contribution >= 4 is 16.3 Å². The molecule has 0 heterocycles. The molecule has 0 spiro atoms. The number of aromatic hydroxyl groups is 1. The van der Waals surface area contributed by atoms with E-state index in [0.29, 0.717) is 11.2 Å². The van der Waals surface area contributed by atoms with Crippen molar-refractivity contribution < 1.29 is 5.11 Å². The predicted octanol–water partition coefficient (Wildman–Crippen LogP) is 7.59. The van der Waals surface area contributed by atoms with Crippen molar-refractivity contribution in [2.45, 2.75) is 46.0 Å². The molecule has 4 rings (SSSR count). The minimum Gasteiger partial charge on any atom is -0.507 e. The third kappa shape index (κ3) is 3.16. The van der Waals surface area contributed by atoms with E-state index in [2.05, 4.69) is 56.3 Å². The van der Waals surface area contributed by atoms with Crippen molar-refractivity contribution in [2.24, 2.45) is 5.41 Å². The van der Waals surface area contributed by atoms with Crippen LogP contribution in [0.1, 0.15) is 51.5 Å². The van der Waals surface area contributed by atoms with Crippen LogP contribution in [0.3, 0.4) is 0 Å². The summed E-state index contributed by atoms with van der Waals surface area (Å²) in [6.45, 7) is 4.66. The van der Waals surface area contributed by atoms with Gasteiger partial charge in [0.25, 0.3) is 0 Å². The maximum Gasteiger partial charge on any atom is 0.123 e. The highest BCUT2D eigenvalue weighted by molar-refractivity contribution is 6.02. The van der Waals surface area contributed by atoms with Crippen LogP contribution in [0.5, 0.6) is 5.75 Å². The number of hydrogen-bond donors (Lipinski definition) is 1. The van der Waals surface area contributed by atoms with Gasteiger partial charge >= 0.3 is 0 Å². The van der Waals surface area contributed by atoms with Crippen molar-refractivity contribution in [1.82, 2.24) is 0 Å². The van der Waals surface area contributed by atoms with E-state index in [1.54, 1.807) is 0 Å². The summed E-state index contributed by atoms with van der Waals surface area (Å²) >= 11 is 0. The van der Waals surface area contributed by atoms with Crippen molar-refractivity contribution in [1.29, 1.82) is 0 Å². The fourth-order valence-electron chi connectivity index (χ4n) is 4.60. The lowest BCUT2D eigenvalue weighted by atomic mass is 9.70. The van der Waals surface area contributed by atoms with Crippen molar-refractivity contribution in [3.05, 3.63) is 72.3 Å². The Morgan fingerprint density at radius 2 is 1.44 bits per heavy atom. The molecule has 1 N–H and O–H groups in total. The lowest BCUT2D eigenvalue weighted by molar-refractivity contribution is 0.238. The monoisotopic (exact) mass is 356 g/mol. The molecule has 0 fully saturated rings. The molecule has 0 aromatic heterocycles. The zero-order chi connectivity index (χ0) is 18.9. The zero-order valence-electron chi connectivity index (χ0n) is 16.3. The van der Waals surface area contributed by atoms with E-state index in [0.717, 1.165) is 17.2 Å². The molecular weight excluding hydrogens is 328 g/mol. The van der Waals surface area contributed by atoms with Crippen LogP contribution >= 0.6 is 0 Å². The highest BCUT2D eigenvalue weighted by Gasteiger charge is 2.29. The summed E-state index contributed by atoms with van der Waals surface area (Å²) in [5.74, 6) is 0.347. The fourth-order valence-corrected chi connectivity index (χ4v) is 4.60. The molecule has 0 saturated carbocycles. The molecule has 3 aromatic carbocycles. The summed E-state index contributed by atoms with van der Waals surface area (Å²) < 4.78 is 0. The first-order valence-corrected chi connectivity index (χ1v) is 10.2. The quantitative estimate of drug-likeness (QED) is 0.510. The summed E-state index contributed by atoms with van der Waals surface area (Å²) in [5, 5.41) is 12.3. The number of phenolic OH excluding ortho intramolecular Hbond substituents is 1. The van der Waals surface area contributed by atoms with Crippen molar-refractivity contribution in [2.75, 3.05) is 0 Å². The minimum atomic E-state index is 0.347. The molecule has 1 nitrogen and oxygen atoms in total. The third-order valence-corrected chi connectivity index (χ3v) is 6.67. The number of allylic oxidation sites excluding steroid dienone is 2. The summed E-state index contributed by atoms with van der Waals surface area (Å²) in [7, 11) is 0. The molecule has 0 saturated heterocycles. The summed E-state index contributed by atoms with van der Waals surface area (Å²) in [6, 6.07) is 20.7. The summed E-state index contributed by atoms with van der Waals surface area (Å²) in [4.78, 5) is 0. The number of fused-ring (bicyclic) bond motifs is 1. The first-order chi connectivity index (χ1) is 13.2. The number of phenols is 1. The van der Waals surface area contributed by atoms with E-state index in [-0.39, 0.29) is 0 Å². The van der Waals surface area contributed by atoms with E-state index in [4.69, 9.17) is 0 Å². The zero-order valence-corrected chi connectivity index (χ0v) is 16.3. The van der Waals surface area contributed by atoms with Gasteiger partial charge in [-0.1, -0.05) is 87.4 Å². The molecule has 0 atom stereocenters. The average molecular weight is 357 g/mol. The largest absolute Gasteiger partial charge is 0.507 e. The molecular formula is C26H28O. The maximum atomic E-state index is 10.3. The first kappa shape index (κ1) is 17.9. The van der Waals surface area contributed by atoms with E-state index in [1.807, 2.05) is 24.3 Å². The Morgan fingerprint density at radius 3 is 2.11 bits per heavy atom. The smallest absolute Gasteiger partial charge is 0.123 e. The van der Waals surface area contributed by atoms with E-state index < -0.39 is 0 Å². The van der Waals surface area contributed by atoms with Gasteiger partial charge in [-0.2, -0.15) is 0 Å². The normalized spacial score (nSPS) is 16.3. The third-order valence-electron chi connectivity index (χ3n) is 6.67. The molecule has 0 unspecified atom stereocenters. The van der Waals surface area contributed by atoms with Gasteiger partial charge in [0.05, 0.1) is 0 Å². The molecule has 1 aliphatic carbocycles. The molecule has 3 aromatic rings. The van der Waals surface area contributed by atoms with Crippen molar-refractivity contribution in [3.63, 3.8) is 0 Å². The molecule has 0 radical (unpaired) electrons. The fraction of sp³-hybridized carbons (Fsp3) is 0.308. The Kier molecular flexibility index (Phi) is 4.78. The maximum absolute atomic E-state index is 10.3. The van der Waals surface area contributed by atoms with Gasteiger partial charge in [0.1, 0.15) is 5.75 Å². The summed E-state index contributed by atoms with van der Waals surface area (Å²) in [5.41, 5.74) is 5.77. The lowest BCUT2D eigenvalue weighted by Crippen LogP contribution is -2.21.